The third-order valence-corrected chi connectivity index (χ3v) is 5.16. The number of hydrogen-bond donors (Lipinski definition) is 2. The van der Waals surface area contributed by atoms with Crippen LogP contribution in [0.1, 0.15) is 58.3 Å². The molecule has 2 aliphatic rings. The van der Waals surface area contributed by atoms with E-state index in [0.717, 1.165) is 45.2 Å². The van der Waals surface area contributed by atoms with Crippen molar-refractivity contribution < 1.29 is 14.7 Å². The zero-order valence-electron chi connectivity index (χ0n) is 13.1. The number of nitrogens with zero attached hydrogens (tertiary/aromatic N) is 1. The third-order valence-electron chi connectivity index (χ3n) is 5.16. The van der Waals surface area contributed by atoms with Crippen molar-refractivity contribution >= 4 is 11.9 Å². The molecule has 0 radical (unpaired) electrons. The standard InChI is InChI=1S/C16H28N2O3/c1-2-18(13-6-10-17-11-7-13)14(19)12-16(15(20)21)8-4-3-5-9-16/h13,17H,2-12H2,1H3,(H,20,21). The Bertz CT molecular complexity index is 372. The second-order valence-corrected chi connectivity index (χ2v) is 6.48. The summed E-state index contributed by atoms with van der Waals surface area (Å²) < 4.78 is 0. The van der Waals surface area contributed by atoms with E-state index in [2.05, 4.69) is 5.32 Å². The molecule has 0 atom stereocenters. The van der Waals surface area contributed by atoms with Crippen molar-refractivity contribution in [3.63, 3.8) is 0 Å². The molecule has 0 bridgehead atoms. The fourth-order valence-electron chi connectivity index (χ4n) is 3.84. The molecular formula is C16H28N2O3. The maximum atomic E-state index is 12.7. The van der Waals surface area contributed by atoms with Gasteiger partial charge >= 0.3 is 5.97 Å². The summed E-state index contributed by atoms with van der Waals surface area (Å²) >= 11 is 0. The highest BCUT2D eigenvalue weighted by Gasteiger charge is 2.42. The van der Waals surface area contributed by atoms with Gasteiger partial charge in [0.2, 0.25) is 5.91 Å². The molecule has 0 unspecified atom stereocenters. The van der Waals surface area contributed by atoms with E-state index in [1.807, 2.05) is 11.8 Å². The lowest BCUT2D eigenvalue weighted by Crippen LogP contribution is -2.48. The number of nitrogens with one attached hydrogen (secondary N) is 1. The zero-order valence-corrected chi connectivity index (χ0v) is 13.1. The minimum atomic E-state index is -0.810. The van der Waals surface area contributed by atoms with Gasteiger partial charge in [-0.15, -0.1) is 0 Å². The summed E-state index contributed by atoms with van der Waals surface area (Å²) in [5.74, 6) is -0.745. The monoisotopic (exact) mass is 296 g/mol. The summed E-state index contributed by atoms with van der Waals surface area (Å²) in [6.07, 6.45) is 6.38. The molecule has 0 aromatic rings. The highest BCUT2D eigenvalue weighted by Crippen LogP contribution is 2.40. The lowest BCUT2D eigenvalue weighted by Gasteiger charge is -2.38. The van der Waals surface area contributed by atoms with Crippen molar-refractivity contribution in [1.29, 1.82) is 0 Å². The van der Waals surface area contributed by atoms with Gasteiger partial charge in [0.15, 0.2) is 0 Å². The van der Waals surface area contributed by atoms with Crippen molar-refractivity contribution in [3.05, 3.63) is 0 Å². The number of hydrogen-bond acceptors (Lipinski definition) is 3. The maximum absolute atomic E-state index is 12.7. The Labute approximate surface area is 127 Å². The van der Waals surface area contributed by atoms with Crippen molar-refractivity contribution in [3.8, 4) is 0 Å². The fraction of sp³-hybridized carbons (Fsp3) is 0.875. The number of piperidine rings is 1. The SMILES string of the molecule is CCN(C(=O)CC1(C(=O)O)CCCCC1)C1CCNCC1. The Morgan fingerprint density at radius 2 is 1.81 bits per heavy atom. The molecule has 1 saturated heterocycles. The van der Waals surface area contributed by atoms with E-state index in [1.54, 1.807) is 0 Å². The summed E-state index contributed by atoms with van der Waals surface area (Å²) in [6.45, 7) is 4.56. The molecule has 1 heterocycles. The van der Waals surface area contributed by atoms with Gasteiger partial charge in [-0.1, -0.05) is 19.3 Å². The molecule has 1 saturated carbocycles. The minimum Gasteiger partial charge on any atom is -0.481 e. The summed E-state index contributed by atoms with van der Waals surface area (Å²) in [5.41, 5.74) is -0.810. The van der Waals surface area contributed by atoms with Crippen molar-refractivity contribution in [2.45, 2.75) is 64.3 Å². The molecule has 2 fully saturated rings. The van der Waals surface area contributed by atoms with Crippen LogP contribution in [0.3, 0.4) is 0 Å². The van der Waals surface area contributed by atoms with Crippen LogP contribution in [-0.2, 0) is 9.59 Å². The fourth-order valence-corrected chi connectivity index (χ4v) is 3.84. The number of carboxylic acids is 1. The second kappa shape index (κ2) is 7.25. The van der Waals surface area contributed by atoms with E-state index < -0.39 is 11.4 Å². The highest BCUT2D eigenvalue weighted by molar-refractivity contribution is 5.85. The maximum Gasteiger partial charge on any atom is 0.310 e. The second-order valence-electron chi connectivity index (χ2n) is 6.48. The van der Waals surface area contributed by atoms with Gasteiger partial charge in [-0.2, -0.15) is 0 Å². The minimum absolute atomic E-state index is 0.0358. The van der Waals surface area contributed by atoms with Gasteiger partial charge in [-0.3, -0.25) is 9.59 Å². The van der Waals surface area contributed by atoms with Crippen LogP contribution in [-0.4, -0.2) is 47.6 Å². The molecule has 5 nitrogen and oxygen atoms in total. The molecule has 0 spiro atoms. The number of carbonyl (C=O) groups excluding carboxylic acids is 1. The predicted molar refractivity (Wildman–Crippen MR) is 81.0 cm³/mol. The number of carboxylic acid groups (broad SMARTS) is 1. The quantitative estimate of drug-likeness (QED) is 0.814. The van der Waals surface area contributed by atoms with E-state index in [-0.39, 0.29) is 18.4 Å². The first-order chi connectivity index (χ1) is 10.1. The van der Waals surface area contributed by atoms with Crippen LogP contribution >= 0.6 is 0 Å². The molecule has 0 aromatic heterocycles. The third kappa shape index (κ3) is 3.76. The van der Waals surface area contributed by atoms with Crippen LogP contribution in [0.2, 0.25) is 0 Å². The van der Waals surface area contributed by atoms with Crippen molar-refractivity contribution in [2.75, 3.05) is 19.6 Å². The van der Waals surface area contributed by atoms with E-state index in [1.165, 1.54) is 0 Å². The van der Waals surface area contributed by atoms with Gasteiger partial charge in [0, 0.05) is 19.0 Å². The van der Waals surface area contributed by atoms with Crippen LogP contribution in [0.5, 0.6) is 0 Å². The lowest BCUT2D eigenvalue weighted by atomic mass is 9.71. The largest absolute Gasteiger partial charge is 0.481 e. The number of rotatable bonds is 5. The van der Waals surface area contributed by atoms with Gasteiger partial charge in [0.25, 0.3) is 0 Å². The van der Waals surface area contributed by atoms with Crippen molar-refractivity contribution in [1.82, 2.24) is 10.2 Å². The van der Waals surface area contributed by atoms with Gasteiger partial charge in [-0.25, -0.2) is 0 Å². The van der Waals surface area contributed by atoms with Gasteiger partial charge in [-0.05, 0) is 45.7 Å². The van der Waals surface area contributed by atoms with Gasteiger partial charge in [0.05, 0.1) is 5.41 Å². The summed E-state index contributed by atoms with van der Waals surface area (Å²) in [7, 11) is 0. The number of amides is 1. The first kappa shape index (κ1) is 16.3. The normalized spacial score (nSPS) is 22.7. The van der Waals surface area contributed by atoms with Crippen LogP contribution in [0.4, 0.5) is 0 Å². The van der Waals surface area contributed by atoms with Crippen LogP contribution in [0.15, 0.2) is 0 Å². The molecule has 0 aromatic carbocycles. The average molecular weight is 296 g/mol. The Hall–Kier alpha value is -1.10. The molecule has 1 aliphatic carbocycles. The highest BCUT2D eigenvalue weighted by atomic mass is 16.4. The Kier molecular flexibility index (Phi) is 5.62. The molecule has 5 heteroatoms. The molecule has 120 valence electrons. The summed E-state index contributed by atoms with van der Waals surface area (Å²) in [5, 5.41) is 12.9. The Morgan fingerprint density at radius 1 is 1.19 bits per heavy atom. The first-order valence-electron chi connectivity index (χ1n) is 8.32. The van der Waals surface area contributed by atoms with Crippen molar-refractivity contribution in [2.24, 2.45) is 5.41 Å². The van der Waals surface area contributed by atoms with Gasteiger partial charge in [0.1, 0.15) is 0 Å². The van der Waals surface area contributed by atoms with Gasteiger partial charge < -0.3 is 15.3 Å². The van der Waals surface area contributed by atoms with Crippen LogP contribution < -0.4 is 5.32 Å². The molecule has 2 rings (SSSR count). The van der Waals surface area contributed by atoms with E-state index in [0.29, 0.717) is 19.4 Å². The number of carbonyl (C=O) groups is 2. The smallest absolute Gasteiger partial charge is 0.310 e. The summed E-state index contributed by atoms with van der Waals surface area (Å²) in [4.78, 5) is 26.3. The zero-order chi connectivity index (χ0) is 15.3. The Balaban J connectivity index is 2.04. The lowest BCUT2D eigenvalue weighted by molar-refractivity contribution is -0.156. The molecule has 21 heavy (non-hydrogen) atoms. The average Bonchev–Trinajstić information content (AvgIpc) is 2.50. The van der Waals surface area contributed by atoms with E-state index in [9.17, 15) is 14.7 Å². The summed E-state index contributed by atoms with van der Waals surface area (Å²) in [6, 6.07) is 0.276. The predicted octanol–water partition coefficient (Wildman–Crippen LogP) is 2.01. The topological polar surface area (TPSA) is 69.6 Å². The number of aliphatic carboxylic acids is 1. The van der Waals surface area contributed by atoms with Crippen LogP contribution in [0.25, 0.3) is 0 Å². The molecule has 2 N–H and O–H groups in total. The van der Waals surface area contributed by atoms with E-state index in [4.69, 9.17) is 0 Å². The molecular weight excluding hydrogens is 268 g/mol. The first-order valence-corrected chi connectivity index (χ1v) is 8.32. The molecule has 1 amide bonds. The van der Waals surface area contributed by atoms with Crippen LogP contribution in [0, 0.1) is 5.41 Å². The van der Waals surface area contributed by atoms with E-state index >= 15 is 0 Å². The Morgan fingerprint density at radius 3 is 2.33 bits per heavy atom. The molecule has 1 aliphatic heterocycles.